The standard InChI is InChI=1S/C15H16FN5/c1-8-9(2)19-20-15(13(8)14(17)18)21-6-5-10-3-4-11(16)7-12(10)21/h3-4,7H,5-6H2,1-2H3,(H3,17,18). The molecule has 0 radical (unpaired) electrons. The number of aryl methyl sites for hydroxylation is 1. The van der Waals surface area contributed by atoms with E-state index in [1.54, 1.807) is 6.07 Å². The van der Waals surface area contributed by atoms with Crippen molar-refractivity contribution in [3.63, 3.8) is 0 Å². The molecule has 6 heteroatoms. The zero-order valence-electron chi connectivity index (χ0n) is 11.9. The third kappa shape index (κ3) is 2.12. The summed E-state index contributed by atoms with van der Waals surface area (Å²) >= 11 is 0. The van der Waals surface area contributed by atoms with E-state index in [0.717, 1.165) is 28.9 Å². The maximum absolute atomic E-state index is 13.5. The van der Waals surface area contributed by atoms with Crippen LogP contribution in [0.1, 0.15) is 22.4 Å². The third-order valence-electron chi connectivity index (χ3n) is 3.90. The van der Waals surface area contributed by atoms with E-state index < -0.39 is 0 Å². The fraction of sp³-hybridized carbons (Fsp3) is 0.267. The first-order valence-electron chi connectivity index (χ1n) is 6.73. The Morgan fingerprint density at radius 1 is 1.33 bits per heavy atom. The predicted molar refractivity (Wildman–Crippen MR) is 79.6 cm³/mol. The van der Waals surface area contributed by atoms with Gasteiger partial charge in [0.05, 0.1) is 11.3 Å². The van der Waals surface area contributed by atoms with Crippen molar-refractivity contribution >= 4 is 17.3 Å². The van der Waals surface area contributed by atoms with Gasteiger partial charge in [-0.05, 0) is 43.5 Å². The summed E-state index contributed by atoms with van der Waals surface area (Å²) in [5.74, 6) is 0.183. The van der Waals surface area contributed by atoms with Gasteiger partial charge in [-0.3, -0.25) is 5.41 Å². The Balaban J connectivity index is 2.18. The molecule has 0 atom stereocenters. The molecule has 108 valence electrons. The minimum Gasteiger partial charge on any atom is -0.384 e. The molecule has 21 heavy (non-hydrogen) atoms. The van der Waals surface area contributed by atoms with Crippen molar-refractivity contribution in [1.82, 2.24) is 10.2 Å². The highest BCUT2D eigenvalue weighted by atomic mass is 19.1. The van der Waals surface area contributed by atoms with E-state index in [4.69, 9.17) is 11.1 Å². The normalized spacial score (nSPS) is 13.4. The quantitative estimate of drug-likeness (QED) is 0.655. The zero-order valence-corrected chi connectivity index (χ0v) is 11.9. The number of nitrogens with one attached hydrogen (secondary N) is 1. The zero-order chi connectivity index (χ0) is 15.1. The molecule has 3 N–H and O–H groups in total. The van der Waals surface area contributed by atoms with E-state index in [1.807, 2.05) is 18.7 Å². The van der Waals surface area contributed by atoms with E-state index in [1.165, 1.54) is 12.1 Å². The lowest BCUT2D eigenvalue weighted by Gasteiger charge is -2.22. The Morgan fingerprint density at radius 3 is 2.81 bits per heavy atom. The van der Waals surface area contributed by atoms with E-state index in [0.29, 0.717) is 17.9 Å². The van der Waals surface area contributed by atoms with E-state index >= 15 is 0 Å². The monoisotopic (exact) mass is 285 g/mol. The van der Waals surface area contributed by atoms with E-state index in [2.05, 4.69) is 10.2 Å². The summed E-state index contributed by atoms with van der Waals surface area (Å²) in [6, 6.07) is 4.73. The molecule has 0 amide bonds. The van der Waals surface area contributed by atoms with Crippen LogP contribution in [0, 0.1) is 25.1 Å². The predicted octanol–water partition coefficient (Wildman–Crippen LogP) is 2.21. The Kier molecular flexibility index (Phi) is 3.08. The first kappa shape index (κ1) is 13.5. The van der Waals surface area contributed by atoms with Gasteiger partial charge < -0.3 is 10.6 Å². The number of halogens is 1. The molecule has 0 unspecified atom stereocenters. The molecular formula is C15H16FN5. The molecule has 1 aromatic carbocycles. The van der Waals surface area contributed by atoms with Crippen molar-refractivity contribution in [3.05, 3.63) is 46.4 Å². The summed E-state index contributed by atoms with van der Waals surface area (Å²) < 4.78 is 13.5. The summed E-state index contributed by atoms with van der Waals surface area (Å²) in [6.45, 7) is 4.37. The Morgan fingerprint density at radius 2 is 2.10 bits per heavy atom. The van der Waals surface area contributed by atoms with Crippen molar-refractivity contribution in [2.45, 2.75) is 20.3 Å². The van der Waals surface area contributed by atoms with Crippen LogP contribution in [0.4, 0.5) is 15.9 Å². The van der Waals surface area contributed by atoms with Gasteiger partial charge in [-0.2, -0.15) is 5.10 Å². The van der Waals surface area contributed by atoms with E-state index in [-0.39, 0.29) is 11.7 Å². The van der Waals surface area contributed by atoms with Crippen molar-refractivity contribution in [2.24, 2.45) is 5.73 Å². The number of benzene rings is 1. The molecule has 3 rings (SSSR count). The van der Waals surface area contributed by atoms with Crippen LogP contribution in [0.2, 0.25) is 0 Å². The second-order valence-electron chi connectivity index (χ2n) is 5.20. The highest BCUT2D eigenvalue weighted by molar-refractivity contribution is 6.02. The van der Waals surface area contributed by atoms with Gasteiger partial charge in [0.2, 0.25) is 0 Å². The van der Waals surface area contributed by atoms with Gasteiger partial charge in [-0.1, -0.05) is 6.07 Å². The average Bonchev–Trinajstić information content (AvgIpc) is 2.84. The number of aromatic nitrogens is 2. The summed E-state index contributed by atoms with van der Waals surface area (Å²) in [5.41, 5.74) is 9.69. The highest BCUT2D eigenvalue weighted by Gasteiger charge is 2.26. The van der Waals surface area contributed by atoms with Gasteiger partial charge >= 0.3 is 0 Å². The number of hydrogen-bond acceptors (Lipinski definition) is 4. The second kappa shape index (κ2) is 4.80. The number of nitrogens with two attached hydrogens (primary N) is 1. The largest absolute Gasteiger partial charge is 0.384 e. The molecule has 0 saturated heterocycles. The highest BCUT2D eigenvalue weighted by Crippen LogP contribution is 2.36. The second-order valence-corrected chi connectivity index (χ2v) is 5.20. The van der Waals surface area contributed by atoms with Crippen LogP contribution in [-0.2, 0) is 6.42 Å². The van der Waals surface area contributed by atoms with Crippen LogP contribution in [0.3, 0.4) is 0 Å². The van der Waals surface area contributed by atoms with Crippen molar-refractivity contribution in [3.8, 4) is 0 Å². The molecule has 0 spiro atoms. The van der Waals surface area contributed by atoms with Crippen LogP contribution in [0.25, 0.3) is 0 Å². The lowest BCUT2D eigenvalue weighted by atomic mass is 10.1. The van der Waals surface area contributed by atoms with Gasteiger partial charge in [0.25, 0.3) is 0 Å². The molecule has 0 saturated carbocycles. The van der Waals surface area contributed by atoms with Gasteiger partial charge in [0.15, 0.2) is 5.82 Å². The Hall–Kier alpha value is -2.50. The number of fused-ring (bicyclic) bond motifs is 1. The molecule has 1 aliphatic heterocycles. The molecule has 2 heterocycles. The third-order valence-corrected chi connectivity index (χ3v) is 3.90. The fourth-order valence-electron chi connectivity index (χ4n) is 2.68. The summed E-state index contributed by atoms with van der Waals surface area (Å²) in [4.78, 5) is 1.88. The van der Waals surface area contributed by atoms with Crippen molar-refractivity contribution in [1.29, 1.82) is 5.41 Å². The Labute approximate surface area is 122 Å². The minimum atomic E-state index is -0.290. The molecular weight excluding hydrogens is 269 g/mol. The van der Waals surface area contributed by atoms with Crippen molar-refractivity contribution in [2.75, 3.05) is 11.4 Å². The van der Waals surface area contributed by atoms with Crippen LogP contribution in [0.15, 0.2) is 18.2 Å². The first-order valence-corrected chi connectivity index (χ1v) is 6.73. The molecule has 0 bridgehead atoms. The summed E-state index contributed by atoms with van der Waals surface area (Å²) in [5, 5.41) is 16.1. The SMILES string of the molecule is Cc1nnc(N2CCc3ccc(F)cc32)c(C(=N)N)c1C. The van der Waals surface area contributed by atoms with Gasteiger partial charge in [-0.25, -0.2) is 4.39 Å². The van der Waals surface area contributed by atoms with Gasteiger partial charge in [0.1, 0.15) is 11.7 Å². The smallest absolute Gasteiger partial charge is 0.167 e. The lowest BCUT2D eigenvalue weighted by Crippen LogP contribution is -2.24. The Bertz CT molecular complexity index is 741. The molecule has 0 fully saturated rings. The number of anilines is 2. The molecule has 5 nitrogen and oxygen atoms in total. The summed E-state index contributed by atoms with van der Waals surface area (Å²) in [6.07, 6.45) is 0.807. The van der Waals surface area contributed by atoms with Gasteiger partial charge in [0, 0.05) is 12.2 Å². The van der Waals surface area contributed by atoms with Crippen LogP contribution in [0.5, 0.6) is 0 Å². The maximum Gasteiger partial charge on any atom is 0.167 e. The minimum absolute atomic E-state index is 0.0506. The fourth-order valence-corrected chi connectivity index (χ4v) is 2.68. The molecule has 2 aromatic rings. The van der Waals surface area contributed by atoms with Gasteiger partial charge in [-0.15, -0.1) is 5.10 Å². The molecule has 0 aliphatic carbocycles. The number of nitrogen functional groups attached to an aromatic ring is 1. The van der Waals surface area contributed by atoms with Crippen LogP contribution < -0.4 is 10.6 Å². The maximum atomic E-state index is 13.5. The number of hydrogen-bond donors (Lipinski definition) is 2. The van der Waals surface area contributed by atoms with Crippen LogP contribution in [-0.4, -0.2) is 22.6 Å². The van der Waals surface area contributed by atoms with E-state index in [9.17, 15) is 4.39 Å². The lowest BCUT2D eigenvalue weighted by molar-refractivity contribution is 0.628. The first-order chi connectivity index (χ1) is 9.99. The van der Waals surface area contributed by atoms with Crippen molar-refractivity contribution < 1.29 is 4.39 Å². The molecule has 1 aliphatic rings. The van der Waals surface area contributed by atoms with Crippen LogP contribution >= 0.6 is 0 Å². The molecule has 1 aromatic heterocycles. The topological polar surface area (TPSA) is 78.9 Å². The number of amidine groups is 1. The number of nitrogens with zero attached hydrogens (tertiary/aromatic N) is 3. The number of rotatable bonds is 2. The average molecular weight is 285 g/mol. The summed E-state index contributed by atoms with van der Waals surface area (Å²) in [7, 11) is 0.